The van der Waals surface area contributed by atoms with E-state index in [9.17, 15) is 24.5 Å². The summed E-state index contributed by atoms with van der Waals surface area (Å²) in [6, 6.07) is 8.89. The predicted octanol–water partition coefficient (Wildman–Crippen LogP) is 3.10. The van der Waals surface area contributed by atoms with Crippen LogP contribution >= 0.6 is 11.6 Å². The molecule has 0 spiro atoms. The lowest BCUT2D eigenvalue weighted by Gasteiger charge is -2.19. The van der Waals surface area contributed by atoms with Crippen LogP contribution < -0.4 is 15.0 Å². The first-order chi connectivity index (χ1) is 15.2. The summed E-state index contributed by atoms with van der Waals surface area (Å²) in [5, 5.41) is 14.1. The number of ether oxygens (including phenoxy) is 2. The minimum atomic E-state index is -0.789. The number of hydrogen-bond donors (Lipinski definition) is 1. The van der Waals surface area contributed by atoms with Crippen molar-refractivity contribution in [2.24, 2.45) is 5.92 Å². The van der Waals surface area contributed by atoms with Crippen LogP contribution in [0.5, 0.6) is 5.75 Å². The van der Waals surface area contributed by atoms with E-state index in [0.29, 0.717) is 22.0 Å². The maximum Gasteiger partial charge on any atom is 0.311 e. The number of halogens is 1. The molecule has 0 bridgehead atoms. The Hall–Kier alpha value is -3.66. The van der Waals surface area contributed by atoms with Crippen molar-refractivity contribution < 1.29 is 28.8 Å². The number of benzene rings is 2. The molecule has 0 aliphatic carbocycles. The van der Waals surface area contributed by atoms with E-state index in [4.69, 9.17) is 21.1 Å². The van der Waals surface area contributed by atoms with E-state index in [1.165, 1.54) is 30.2 Å². The van der Waals surface area contributed by atoms with Crippen molar-refractivity contribution >= 4 is 46.4 Å². The van der Waals surface area contributed by atoms with E-state index in [2.05, 4.69) is 5.32 Å². The van der Waals surface area contributed by atoms with Gasteiger partial charge in [-0.1, -0.05) is 17.7 Å². The molecule has 1 saturated heterocycles. The van der Waals surface area contributed by atoms with Gasteiger partial charge in [-0.25, -0.2) is 0 Å². The Morgan fingerprint density at radius 1 is 1.31 bits per heavy atom. The zero-order valence-electron chi connectivity index (χ0n) is 17.3. The van der Waals surface area contributed by atoms with Gasteiger partial charge in [-0.2, -0.15) is 0 Å². The summed E-state index contributed by atoms with van der Waals surface area (Å²) >= 11 is 6.02. The monoisotopic (exact) mass is 461 g/mol. The topological polar surface area (TPSA) is 128 Å². The van der Waals surface area contributed by atoms with Crippen molar-refractivity contribution in [2.75, 3.05) is 30.5 Å². The minimum absolute atomic E-state index is 0.000851. The molecule has 1 aliphatic heterocycles. The van der Waals surface area contributed by atoms with E-state index in [1.807, 2.05) is 0 Å². The zero-order valence-corrected chi connectivity index (χ0v) is 18.0. The number of carbonyl (C=O) groups is 3. The first-order valence-corrected chi connectivity index (χ1v) is 9.93. The predicted molar refractivity (Wildman–Crippen MR) is 116 cm³/mol. The number of hydrogen-bond acceptors (Lipinski definition) is 7. The lowest BCUT2D eigenvalue weighted by molar-refractivity contribution is -0.384. The summed E-state index contributed by atoms with van der Waals surface area (Å²) in [7, 11) is 1.33. The molecule has 1 fully saturated rings. The second kappa shape index (κ2) is 9.65. The minimum Gasteiger partial charge on any atom is -0.494 e. The summed E-state index contributed by atoms with van der Waals surface area (Å²) in [6.07, 6.45) is -0.117. The molecule has 1 atom stereocenters. The molecule has 32 heavy (non-hydrogen) atoms. The average molecular weight is 462 g/mol. The smallest absolute Gasteiger partial charge is 0.311 e. The average Bonchev–Trinajstić information content (AvgIpc) is 3.16. The van der Waals surface area contributed by atoms with Gasteiger partial charge < -0.3 is 19.7 Å². The highest BCUT2D eigenvalue weighted by Gasteiger charge is 2.37. The summed E-state index contributed by atoms with van der Waals surface area (Å²) in [6.45, 7) is 1.23. The number of nitrogens with zero attached hydrogens (tertiary/aromatic N) is 2. The lowest BCUT2D eigenvalue weighted by Crippen LogP contribution is -2.28. The largest absolute Gasteiger partial charge is 0.494 e. The molecule has 3 rings (SSSR count). The molecule has 1 aliphatic rings. The van der Waals surface area contributed by atoms with Crippen LogP contribution in [0.1, 0.15) is 12.0 Å². The SMILES string of the molecule is COc1cc([N+](=O)[O-])ccc1N1C[C@H](C(=O)OCC(=O)Nc2cccc(Cl)c2C)CC1=O. The zero-order chi connectivity index (χ0) is 23.4. The molecule has 11 heteroatoms. The molecule has 0 unspecified atom stereocenters. The number of nitro benzene ring substituents is 1. The highest BCUT2D eigenvalue weighted by atomic mass is 35.5. The summed E-state index contributed by atoms with van der Waals surface area (Å²) in [5.74, 6) is -2.25. The molecule has 1 N–H and O–H groups in total. The van der Waals surface area contributed by atoms with Crippen LogP contribution in [0.25, 0.3) is 0 Å². The van der Waals surface area contributed by atoms with Gasteiger partial charge >= 0.3 is 5.97 Å². The van der Waals surface area contributed by atoms with Gasteiger partial charge in [0.1, 0.15) is 5.75 Å². The molecule has 2 aromatic rings. The van der Waals surface area contributed by atoms with Crippen molar-refractivity contribution in [2.45, 2.75) is 13.3 Å². The maximum absolute atomic E-state index is 12.5. The van der Waals surface area contributed by atoms with Crippen LogP contribution in [0.3, 0.4) is 0 Å². The van der Waals surface area contributed by atoms with Crippen LogP contribution in [-0.4, -0.2) is 43.0 Å². The fourth-order valence-corrected chi connectivity index (χ4v) is 3.46. The summed E-state index contributed by atoms with van der Waals surface area (Å²) in [5.41, 5.74) is 1.32. The Morgan fingerprint density at radius 2 is 2.06 bits per heavy atom. The van der Waals surface area contributed by atoms with Crippen LogP contribution in [0.15, 0.2) is 36.4 Å². The molecule has 0 radical (unpaired) electrons. The molecule has 1 heterocycles. The number of carbonyl (C=O) groups excluding carboxylic acids is 3. The van der Waals surface area contributed by atoms with Crippen LogP contribution in [0, 0.1) is 23.0 Å². The Balaban J connectivity index is 1.61. The summed E-state index contributed by atoms with van der Waals surface area (Å²) in [4.78, 5) is 48.7. The first kappa shape index (κ1) is 23.0. The summed E-state index contributed by atoms with van der Waals surface area (Å²) < 4.78 is 10.3. The van der Waals surface area contributed by atoms with E-state index >= 15 is 0 Å². The Morgan fingerprint density at radius 3 is 2.75 bits per heavy atom. The van der Waals surface area contributed by atoms with Crippen LogP contribution in [-0.2, 0) is 19.1 Å². The number of rotatable bonds is 7. The number of nitrogens with one attached hydrogen (secondary N) is 1. The van der Waals surface area contributed by atoms with Gasteiger partial charge in [-0.05, 0) is 30.7 Å². The van der Waals surface area contributed by atoms with Crippen LogP contribution in [0.2, 0.25) is 5.02 Å². The first-order valence-electron chi connectivity index (χ1n) is 9.55. The van der Waals surface area contributed by atoms with E-state index in [0.717, 1.165) is 0 Å². The van der Waals surface area contributed by atoms with Crippen molar-refractivity contribution in [1.29, 1.82) is 0 Å². The molecule has 0 aromatic heterocycles. The number of amides is 2. The van der Waals surface area contributed by atoms with Crippen molar-refractivity contribution in [1.82, 2.24) is 0 Å². The highest BCUT2D eigenvalue weighted by Crippen LogP contribution is 2.36. The fourth-order valence-electron chi connectivity index (χ4n) is 3.28. The third-order valence-corrected chi connectivity index (χ3v) is 5.42. The van der Waals surface area contributed by atoms with Crippen LogP contribution in [0.4, 0.5) is 17.1 Å². The van der Waals surface area contributed by atoms with Gasteiger partial charge in [-0.15, -0.1) is 0 Å². The number of methoxy groups -OCH3 is 1. The third-order valence-electron chi connectivity index (χ3n) is 5.01. The second-order valence-corrected chi connectivity index (χ2v) is 7.49. The second-order valence-electron chi connectivity index (χ2n) is 7.09. The van der Waals surface area contributed by atoms with Gasteiger partial charge in [0.2, 0.25) is 5.91 Å². The third kappa shape index (κ3) is 4.97. The molecular formula is C21H20ClN3O7. The Labute approximate surface area is 188 Å². The van der Waals surface area contributed by atoms with Crippen molar-refractivity contribution in [3.05, 3.63) is 57.1 Å². The van der Waals surface area contributed by atoms with Gasteiger partial charge in [0.05, 0.1) is 29.7 Å². The van der Waals surface area contributed by atoms with Gasteiger partial charge in [-0.3, -0.25) is 24.5 Å². The molecule has 10 nitrogen and oxygen atoms in total. The fraction of sp³-hybridized carbons (Fsp3) is 0.286. The molecular weight excluding hydrogens is 442 g/mol. The normalized spacial score (nSPS) is 15.4. The molecule has 2 amide bonds. The maximum atomic E-state index is 12.5. The van der Waals surface area contributed by atoms with Gasteiger partial charge in [0.25, 0.3) is 11.6 Å². The highest BCUT2D eigenvalue weighted by molar-refractivity contribution is 6.31. The number of esters is 1. The van der Waals surface area contributed by atoms with E-state index in [1.54, 1.807) is 25.1 Å². The Bertz CT molecular complexity index is 1090. The molecule has 168 valence electrons. The Kier molecular flexibility index (Phi) is 6.94. The molecule has 0 saturated carbocycles. The van der Waals surface area contributed by atoms with Gasteiger partial charge in [0.15, 0.2) is 6.61 Å². The lowest BCUT2D eigenvalue weighted by atomic mass is 10.1. The van der Waals surface area contributed by atoms with E-state index in [-0.39, 0.29) is 30.3 Å². The molecule has 2 aromatic carbocycles. The quantitative estimate of drug-likeness (QED) is 0.381. The number of non-ortho nitro benzene ring substituents is 1. The van der Waals surface area contributed by atoms with E-state index < -0.39 is 29.3 Å². The number of anilines is 2. The van der Waals surface area contributed by atoms with Gasteiger partial charge in [0, 0.05) is 29.7 Å². The standard InChI is InChI=1S/C21H20ClN3O7/c1-12-15(22)4-3-5-16(12)23-19(26)11-32-21(28)13-8-20(27)24(10-13)17-7-6-14(25(29)30)9-18(17)31-2/h3-7,9,13H,8,10-11H2,1-2H3,(H,23,26)/t13-/m1/s1. The van der Waals surface area contributed by atoms with Crippen molar-refractivity contribution in [3.63, 3.8) is 0 Å². The van der Waals surface area contributed by atoms with Crippen molar-refractivity contribution in [3.8, 4) is 5.75 Å². The number of nitro groups is 1.